The van der Waals surface area contributed by atoms with Gasteiger partial charge in [0, 0.05) is 28.8 Å². The van der Waals surface area contributed by atoms with Gasteiger partial charge in [0.2, 0.25) is 0 Å². The quantitative estimate of drug-likeness (QED) is 0.404. The SMILES string of the molecule is Cc1c(C=O)c2ccccc2n1C(=O)COc1ccc([N+](=O)[O-])cc1. The number of rotatable bonds is 5. The van der Waals surface area contributed by atoms with Gasteiger partial charge in [0.25, 0.3) is 11.6 Å². The van der Waals surface area contributed by atoms with E-state index < -0.39 is 4.92 Å². The van der Waals surface area contributed by atoms with Crippen LogP contribution in [0.25, 0.3) is 10.9 Å². The number of non-ortho nitro benzene ring substituents is 1. The van der Waals surface area contributed by atoms with E-state index in [1.54, 1.807) is 31.2 Å². The Hall–Kier alpha value is -3.48. The number of aldehydes is 1. The van der Waals surface area contributed by atoms with Gasteiger partial charge in [-0.2, -0.15) is 0 Å². The van der Waals surface area contributed by atoms with Gasteiger partial charge in [-0.05, 0) is 25.1 Å². The molecule has 7 nitrogen and oxygen atoms in total. The lowest BCUT2D eigenvalue weighted by Gasteiger charge is -2.09. The molecule has 126 valence electrons. The molecule has 0 aliphatic rings. The van der Waals surface area contributed by atoms with Crippen LogP contribution in [0.4, 0.5) is 5.69 Å². The number of aromatic nitrogens is 1. The van der Waals surface area contributed by atoms with Crippen molar-refractivity contribution >= 4 is 28.8 Å². The van der Waals surface area contributed by atoms with Crippen LogP contribution in [-0.2, 0) is 0 Å². The molecule has 1 heterocycles. The van der Waals surface area contributed by atoms with Gasteiger partial charge in [0.1, 0.15) is 5.75 Å². The Balaban J connectivity index is 1.84. The summed E-state index contributed by atoms with van der Waals surface area (Å²) >= 11 is 0. The Labute approximate surface area is 142 Å². The van der Waals surface area contributed by atoms with Gasteiger partial charge >= 0.3 is 0 Å². The number of nitro benzene ring substituents is 1. The van der Waals surface area contributed by atoms with E-state index in [0.717, 1.165) is 6.29 Å². The first-order chi connectivity index (χ1) is 12.0. The first-order valence-corrected chi connectivity index (χ1v) is 7.48. The van der Waals surface area contributed by atoms with Crippen LogP contribution in [0.5, 0.6) is 5.75 Å². The third-order valence-corrected chi connectivity index (χ3v) is 3.94. The minimum atomic E-state index is -0.509. The zero-order chi connectivity index (χ0) is 18.0. The molecule has 3 aromatic rings. The number of para-hydroxylation sites is 1. The highest BCUT2D eigenvalue weighted by Gasteiger charge is 2.18. The molecule has 0 spiro atoms. The van der Waals surface area contributed by atoms with Crippen molar-refractivity contribution in [1.82, 2.24) is 4.57 Å². The van der Waals surface area contributed by atoms with Crippen LogP contribution in [0.2, 0.25) is 0 Å². The van der Waals surface area contributed by atoms with Gasteiger partial charge in [-0.15, -0.1) is 0 Å². The molecule has 0 radical (unpaired) electrons. The standard InChI is InChI=1S/C18H14N2O5/c1-12-16(10-21)15-4-2-3-5-17(15)19(12)18(22)11-25-14-8-6-13(7-9-14)20(23)24/h2-10H,11H2,1H3. The number of carbonyl (C=O) groups excluding carboxylic acids is 2. The Morgan fingerprint density at radius 2 is 1.88 bits per heavy atom. The van der Waals surface area contributed by atoms with Gasteiger partial charge in [-0.1, -0.05) is 18.2 Å². The van der Waals surface area contributed by atoms with Gasteiger partial charge in [0.15, 0.2) is 12.9 Å². The van der Waals surface area contributed by atoms with E-state index in [0.29, 0.717) is 27.9 Å². The summed E-state index contributed by atoms with van der Waals surface area (Å²) in [4.78, 5) is 34.0. The summed E-state index contributed by atoms with van der Waals surface area (Å²) in [6, 6.07) is 12.6. The summed E-state index contributed by atoms with van der Waals surface area (Å²) in [6.07, 6.45) is 0.735. The molecule has 0 saturated heterocycles. The third-order valence-electron chi connectivity index (χ3n) is 3.94. The molecule has 0 N–H and O–H groups in total. The van der Waals surface area contributed by atoms with Gasteiger partial charge < -0.3 is 4.74 Å². The molecule has 0 aliphatic heterocycles. The number of carbonyl (C=O) groups is 2. The largest absolute Gasteiger partial charge is 0.484 e. The second kappa shape index (κ2) is 6.56. The van der Waals surface area contributed by atoms with E-state index in [4.69, 9.17) is 4.74 Å². The fourth-order valence-electron chi connectivity index (χ4n) is 2.74. The van der Waals surface area contributed by atoms with Crippen LogP contribution in [0.3, 0.4) is 0 Å². The van der Waals surface area contributed by atoms with E-state index in [2.05, 4.69) is 0 Å². The summed E-state index contributed by atoms with van der Waals surface area (Å²) in [6.45, 7) is 1.45. The molecule has 0 saturated carbocycles. The van der Waals surface area contributed by atoms with Crippen LogP contribution in [0, 0.1) is 17.0 Å². The van der Waals surface area contributed by atoms with E-state index in [1.165, 1.54) is 28.8 Å². The third kappa shape index (κ3) is 2.99. The molecular weight excluding hydrogens is 324 g/mol. The first kappa shape index (κ1) is 16.4. The summed E-state index contributed by atoms with van der Waals surface area (Å²) in [5.41, 5.74) is 1.61. The molecule has 0 aliphatic carbocycles. The Kier molecular flexibility index (Phi) is 4.30. The lowest BCUT2D eigenvalue weighted by molar-refractivity contribution is -0.384. The number of nitro groups is 1. The number of hydrogen-bond donors (Lipinski definition) is 0. The summed E-state index contributed by atoms with van der Waals surface area (Å²) in [5.74, 6) is 0.0174. The molecule has 0 atom stereocenters. The first-order valence-electron chi connectivity index (χ1n) is 7.48. The highest BCUT2D eigenvalue weighted by Crippen LogP contribution is 2.24. The van der Waals surface area contributed by atoms with E-state index >= 15 is 0 Å². The molecule has 2 aromatic carbocycles. The topological polar surface area (TPSA) is 91.4 Å². The molecule has 0 bridgehead atoms. The predicted octanol–water partition coefficient (Wildman–Crippen LogP) is 3.39. The van der Waals surface area contributed by atoms with Crippen LogP contribution < -0.4 is 4.74 Å². The van der Waals surface area contributed by atoms with Crippen LogP contribution >= 0.6 is 0 Å². The number of ether oxygens (including phenoxy) is 1. The minimum Gasteiger partial charge on any atom is -0.484 e. The average molecular weight is 338 g/mol. The number of benzene rings is 2. The van der Waals surface area contributed by atoms with E-state index in [-0.39, 0.29) is 18.2 Å². The van der Waals surface area contributed by atoms with Gasteiger partial charge in [-0.25, -0.2) is 0 Å². The van der Waals surface area contributed by atoms with Crippen LogP contribution in [-0.4, -0.2) is 28.3 Å². The second-order valence-corrected chi connectivity index (χ2v) is 5.40. The van der Waals surface area contributed by atoms with Crippen molar-refractivity contribution in [1.29, 1.82) is 0 Å². The maximum absolute atomic E-state index is 12.6. The lowest BCUT2D eigenvalue weighted by atomic mass is 10.1. The van der Waals surface area contributed by atoms with E-state index in [9.17, 15) is 19.7 Å². The molecule has 0 fully saturated rings. The summed E-state index contributed by atoms with van der Waals surface area (Å²) < 4.78 is 6.87. The number of nitrogens with zero attached hydrogens (tertiary/aromatic N) is 2. The van der Waals surface area contributed by atoms with Crippen molar-refractivity contribution in [3.05, 3.63) is 69.9 Å². The van der Waals surface area contributed by atoms with Gasteiger partial charge in [-0.3, -0.25) is 24.3 Å². The predicted molar refractivity (Wildman–Crippen MR) is 91.3 cm³/mol. The maximum Gasteiger partial charge on any atom is 0.269 e. The van der Waals surface area contributed by atoms with Crippen LogP contribution in [0.15, 0.2) is 48.5 Å². The Morgan fingerprint density at radius 1 is 1.20 bits per heavy atom. The highest BCUT2D eigenvalue weighted by atomic mass is 16.6. The minimum absolute atomic E-state index is 0.0541. The molecular formula is C18H14N2O5. The Morgan fingerprint density at radius 3 is 2.52 bits per heavy atom. The van der Waals surface area contributed by atoms with E-state index in [1.807, 2.05) is 0 Å². The average Bonchev–Trinajstić information content (AvgIpc) is 2.91. The second-order valence-electron chi connectivity index (χ2n) is 5.40. The fraction of sp³-hybridized carbons (Fsp3) is 0.111. The molecule has 1 aromatic heterocycles. The highest BCUT2D eigenvalue weighted by molar-refractivity contribution is 6.04. The normalized spacial score (nSPS) is 10.6. The smallest absolute Gasteiger partial charge is 0.269 e. The Bertz CT molecular complexity index is 973. The van der Waals surface area contributed by atoms with Crippen molar-refractivity contribution in [3.8, 4) is 5.75 Å². The fourth-order valence-corrected chi connectivity index (χ4v) is 2.74. The summed E-state index contributed by atoms with van der Waals surface area (Å²) in [5, 5.41) is 11.3. The molecule has 0 unspecified atom stereocenters. The zero-order valence-electron chi connectivity index (χ0n) is 13.3. The van der Waals surface area contributed by atoms with Crippen molar-refractivity contribution in [2.75, 3.05) is 6.61 Å². The number of fused-ring (bicyclic) bond motifs is 1. The summed E-state index contributed by atoms with van der Waals surface area (Å²) in [7, 11) is 0. The molecule has 25 heavy (non-hydrogen) atoms. The molecule has 7 heteroatoms. The lowest BCUT2D eigenvalue weighted by Crippen LogP contribution is -2.20. The number of hydrogen-bond acceptors (Lipinski definition) is 5. The monoisotopic (exact) mass is 338 g/mol. The maximum atomic E-state index is 12.6. The van der Waals surface area contributed by atoms with Crippen molar-refractivity contribution in [2.24, 2.45) is 0 Å². The zero-order valence-corrected chi connectivity index (χ0v) is 13.3. The van der Waals surface area contributed by atoms with Crippen molar-refractivity contribution < 1.29 is 19.2 Å². The van der Waals surface area contributed by atoms with Crippen molar-refractivity contribution in [3.63, 3.8) is 0 Å². The van der Waals surface area contributed by atoms with Gasteiger partial charge in [0.05, 0.1) is 10.4 Å². The van der Waals surface area contributed by atoms with Crippen LogP contribution in [0.1, 0.15) is 20.8 Å². The van der Waals surface area contributed by atoms with Crippen molar-refractivity contribution in [2.45, 2.75) is 6.92 Å². The molecule has 0 amide bonds. The molecule has 3 rings (SSSR count).